The second-order valence-corrected chi connectivity index (χ2v) is 3.69. The molecule has 0 unspecified atom stereocenters. The smallest absolute Gasteiger partial charge is 0.115 e. The fraction of sp³-hybridized carbons (Fsp3) is 0.154. The lowest BCUT2D eigenvalue weighted by Gasteiger charge is -2.08. The lowest BCUT2D eigenvalue weighted by molar-refractivity contribution is 0.475. The van der Waals surface area contributed by atoms with Gasteiger partial charge in [0.2, 0.25) is 0 Å². The van der Waals surface area contributed by atoms with Gasteiger partial charge in [0.05, 0.1) is 0 Å². The van der Waals surface area contributed by atoms with E-state index in [9.17, 15) is 5.11 Å². The summed E-state index contributed by atoms with van der Waals surface area (Å²) >= 11 is 0. The molecule has 0 atom stereocenters. The maximum Gasteiger partial charge on any atom is 0.115 e. The molecule has 76 valence electrons. The van der Waals surface area contributed by atoms with Crippen LogP contribution in [0.2, 0.25) is 0 Å². The van der Waals surface area contributed by atoms with Crippen LogP contribution in [0.25, 0.3) is 11.1 Å². The van der Waals surface area contributed by atoms with E-state index >= 15 is 0 Å². The highest BCUT2D eigenvalue weighted by Crippen LogP contribution is 2.27. The molecule has 0 saturated heterocycles. The predicted molar refractivity (Wildman–Crippen MR) is 60.8 cm³/mol. The van der Waals surface area contributed by atoms with E-state index in [4.69, 9.17) is 0 Å². The average Bonchev–Trinajstić information content (AvgIpc) is 2.20. The number of hydrogen-bond acceptors (Lipinski definition) is 2. The number of phenolic OH excluding ortho intramolecular Hbond substituents is 1. The van der Waals surface area contributed by atoms with Crippen LogP contribution in [0.15, 0.2) is 36.7 Å². The number of nitrogens with zero attached hydrogens (tertiary/aromatic N) is 1. The van der Waals surface area contributed by atoms with E-state index in [1.165, 1.54) is 5.56 Å². The summed E-state index contributed by atoms with van der Waals surface area (Å²) in [5.74, 6) is 0.304. The Balaban J connectivity index is 2.60. The molecule has 1 heterocycles. The van der Waals surface area contributed by atoms with E-state index in [2.05, 4.69) is 11.9 Å². The predicted octanol–water partition coefficient (Wildman–Crippen LogP) is 3.07. The van der Waals surface area contributed by atoms with Gasteiger partial charge in [-0.2, -0.15) is 0 Å². The van der Waals surface area contributed by atoms with Crippen molar-refractivity contribution in [3.05, 3.63) is 47.8 Å². The zero-order valence-electron chi connectivity index (χ0n) is 8.86. The van der Waals surface area contributed by atoms with Crippen molar-refractivity contribution in [1.82, 2.24) is 4.98 Å². The Bertz CT molecular complexity index is 492. The van der Waals surface area contributed by atoms with Crippen molar-refractivity contribution in [3.63, 3.8) is 0 Å². The topological polar surface area (TPSA) is 33.1 Å². The molecule has 2 rings (SSSR count). The van der Waals surface area contributed by atoms with Gasteiger partial charge in [-0.3, -0.25) is 4.98 Å². The van der Waals surface area contributed by atoms with E-state index in [1.807, 2.05) is 25.3 Å². The van der Waals surface area contributed by atoms with Gasteiger partial charge in [-0.25, -0.2) is 0 Å². The molecule has 15 heavy (non-hydrogen) atoms. The molecule has 0 bridgehead atoms. The average molecular weight is 199 g/mol. The van der Waals surface area contributed by atoms with Gasteiger partial charge in [-0.15, -0.1) is 0 Å². The Kier molecular flexibility index (Phi) is 2.42. The van der Waals surface area contributed by atoms with Crippen molar-refractivity contribution in [1.29, 1.82) is 0 Å². The van der Waals surface area contributed by atoms with Crippen molar-refractivity contribution < 1.29 is 5.11 Å². The van der Waals surface area contributed by atoms with Crippen LogP contribution in [0.3, 0.4) is 0 Å². The lowest BCUT2D eigenvalue weighted by atomic mass is 9.98. The standard InChI is InChI=1S/C13H13NO/c1-9-5-6-14-8-13(9)12-4-3-11(15)7-10(12)2/h3-8,15H,1-2H3. The van der Waals surface area contributed by atoms with Crippen LogP contribution in [0.4, 0.5) is 0 Å². The zero-order valence-corrected chi connectivity index (χ0v) is 8.86. The molecule has 0 aliphatic carbocycles. The minimum absolute atomic E-state index is 0.304. The second-order valence-electron chi connectivity index (χ2n) is 3.69. The normalized spacial score (nSPS) is 10.3. The van der Waals surface area contributed by atoms with Crippen molar-refractivity contribution in [2.45, 2.75) is 13.8 Å². The second kappa shape index (κ2) is 3.73. The molecule has 1 aromatic heterocycles. The van der Waals surface area contributed by atoms with E-state index in [0.29, 0.717) is 5.75 Å². The first-order valence-electron chi connectivity index (χ1n) is 4.89. The highest BCUT2D eigenvalue weighted by Gasteiger charge is 2.05. The molecule has 0 saturated carbocycles. The third kappa shape index (κ3) is 1.84. The molecular weight excluding hydrogens is 186 g/mol. The summed E-state index contributed by atoms with van der Waals surface area (Å²) in [6.07, 6.45) is 3.64. The number of pyridine rings is 1. The summed E-state index contributed by atoms with van der Waals surface area (Å²) < 4.78 is 0. The maximum absolute atomic E-state index is 9.34. The molecule has 0 amide bonds. The lowest BCUT2D eigenvalue weighted by Crippen LogP contribution is -1.87. The molecule has 1 N–H and O–H groups in total. The van der Waals surface area contributed by atoms with Gasteiger partial charge >= 0.3 is 0 Å². The monoisotopic (exact) mass is 199 g/mol. The number of aromatic nitrogens is 1. The van der Waals surface area contributed by atoms with Crippen LogP contribution < -0.4 is 0 Å². The Morgan fingerprint density at radius 3 is 2.47 bits per heavy atom. The highest BCUT2D eigenvalue weighted by atomic mass is 16.3. The molecule has 2 nitrogen and oxygen atoms in total. The Hall–Kier alpha value is -1.83. The van der Waals surface area contributed by atoms with Crippen LogP contribution >= 0.6 is 0 Å². The van der Waals surface area contributed by atoms with Crippen LogP contribution in [0, 0.1) is 13.8 Å². The van der Waals surface area contributed by atoms with Crippen LogP contribution in [0.1, 0.15) is 11.1 Å². The summed E-state index contributed by atoms with van der Waals surface area (Å²) in [6.45, 7) is 4.05. The number of rotatable bonds is 1. The molecule has 0 aliphatic heterocycles. The Morgan fingerprint density at radius 1 is 1.00 bits per heavy atom. The fourth-order valence-corrected chi connectivity index (χ4v) is 1.70. The van der Waals surface area contributed by atoms with E-state index < -0.39 is 0 Å². The van der Waals surface area contributed by atoms with Gasteiger partial charge in [-0.05, 0) is 48.7 Å². The third-order valence-corrected chi connectivity index (χ3v) is 2.54. The first kappa shape index (κ1) is 9.71. The summed E-state index contributed by atoms with van der Waals surface area (Å²) in [5, 5.41) is 9.34. The van der Waals surface area contributed by atoms with Crippen LogP contribution in [0.5, 0.6) is 5.75 Å². The number of phenols is 1. The Labute approximate surface area is 89.2 Å². The quantitative estimate of drug-likeness (QED) is 0.765. The first-order valence-corrected chi connectivity index (χ1v) is 4.89. The number of hydrogen-bond donors (Lipinski definition) is 1. The van der Waals surface area contributed by atoms with Crippen molar-refractivity contribution in [2.24, 2.45) is 0 Å². The number of aryl methyl sites for hydroxylation is 2. The van der Waals surface area contributed by atoms with Gasteiger partial charge in [0.1, 0.15) is 5.75 Å². The molecule has 0 fully saturated rings. The minimum Gasteiger partial charge on any atom is -0.508 e. The molecule has 2 heteroatoms. The zero-order chi connectivity index (χ0) is 10.8. The van der Waals surface area contributed by atoms with Crippen LogP contribution in [-0.2, 0) is 0 Å². The maximum atomic E-state index is 9.34. The van der Waals surface area contributed by atoms with E-state index in [1.54, 1.807) is 18.3 Å². The van der Waals surface area contributed by atoms with Crippen LogP contribution in [-0.4, -0.2) is 10.1 Å². The largest absolute Gasteiger partial charge is 0.508 e. The fourth-order valence-electron chi connectivity index (χ4n) is 1.70. The minimum atomic E-state index is 0.304. The Morgan fingerprint density at radius 2 is 1.80 bits per heavy atom. The molecule has 0 spiro atoms. The summed E-state index contributed by atoms with van der Waals surface area (Å²) in [6, 6.07) is 7.38. The van der Waals surface area contributed by atoms with Gasteiger partial charge in [0.15, 0.2) is 0 Å². The van der Waals surface area contributed by atoms with Gasteiger partial charge in [-0.1, -0.05) is 6.07 Å². The SMILES string of the molecule is Cc1cc(O)ccc1-c1cnccc1C. The summed E-state index contributed by atoms with van der Waals surface area (Å²) in [5.41, 5.74) is 4.50. The van der Waals surface area contributed by atoms with Crippen molar-refractivity contribution >= 4 is 0 Å². The molecule has 0 radical (unpaired) electrons. The van der Waals surface area contributed by atoms with Crippen molar-refractivity contribution in [2.75, 3.05) is 0 Å². The molecular formula is C13H13NO. The molecule has 1 aromatic carbocycles. The van der Waals surface area contributed by atoms with Gasteiger partial charge in [0, 0.05) is 18.0 Å². The summed E-state index contributed by atoms with van der Waals surface area (Å²) in [4.78, 5) is 4.12. The summed E-state index contributed by atoms with van der Waals surface area (Å²) in [7, 11) is 0. The number of aromatic hydroxyl groups is 1. The molecule has 2 aromatic rings. The highest BCUT2D eigenvalue weighted by molar-refractivity contribution is 5.70. The first-order chi connectivity index (χ1) is 7.18. The van der Waals surface area contributed by atoms with E-state index in [-0.39, 0.29) is 0 Å². The number of benzene rings is 1. The third-order valence-electron chi connectivity index (χ3n) is 2.54. The molecule has 0 aliphatic rings. The van der Waals surface area contributed by atoms with Gasteiger partial charge in [0.25, 0.3) is 0 Å². The van der Waals surface area contributed by atoms with Gasteiger partial charge < -0.3 is 5.11 Å². The van der Waals surface area contributed by atoms with Crippen molar-refractivity contribution in [3.8, 4) is 16.9 Å². The van der Waals surface area contributed by atoms with E-state index in [0.717, 1.165) is 16.7 Å².